The van der Waals surface area contributed by atoms with Gasteiger partial charge in [-0.1, -0.05) is 72.8 Å². The van der Waals surface area contributed by atoms with Crippen molar-refractivity contribution >= 4 is 18.3 Å². The van der Waals surface area contributed by atoms with Crippen molar-refractivity contribution in [3.05, 3.63) is 119 Å². The van der Waals surface area contributed by atoms with Gasteiger partial charge >= 0.3 is 5.97 Å². The van der Waals surface area contributed by atoms with Gasteiger partial charge in [0.15, 0.2) is 5.66 Å². The molecule has 0 unspecified atom stereocenters. The molecule has 9 nitrogen and oxygen atoms in total. The second-order valence-corrected chi connectivity index (χ2v) is 9.98. The molecule has 0 fully saturated rings. The van der Waals surface area contributed by atoms with Crippen LogP contribution in [0.3, 0.4) is 0 Å². The lowest BCUT2D eigenvalue weighted by atomic mass is 9.87. The fraction of sp³-hybridized carbons (Fsp3) is 0.156. The highest BCUT2D eigenvalue weighted by atomic mass is 16.5. The molecular formula is C32H27N3O6. The van der Waals surface area contributed by atoms with Gasteiger partial charge in [0.2, 0.25) is 12.3 Å². The van der Waals surface area contributed by atoms with Gasteiger partial charge in [-0.25, -0.2) is 4.79 Å². The van der Waals surface area contributed by atoms with Crippen LogP contribution in [-0.4, -0.2) is 34.0 Å². The third-order valence-electron chi connectivity index (χ3n) is 7.63. The summed E-state index contributed by atoms with van der Waals surface area (Å²) in [5.41, 5.74) is 6.07. The van der Waals surface area contributed by atoms with Crippen molar-refractivity contribution in [2.75, 3.05) is 0 Å². The van der Waals surface area contributed by atoms with Crippen molar-refractivity contribution in [2.45, 2.75) is 30.6 Å². The van der Waals surface area contributed by atoms with E-state index >= 15 is 0 Å². The highest BCUT2D eigenvalue weighted by Crippen LogP contribution is 2.49. The Morgan fingerprint density at radius 3 is 1.61 bits per heavy atom. The van der Waals surface area contributed by atoms with Gasteiger partial charge in [-0.2, -0.15) is 0 Å². The third kappa shape index (κ3) is 4.46. The fourth-order valence-corrected chi connectivity index (χ4v) is 5.72. The summed E-state index contributed by atoms with van der Waals surface area (Å²) in [6.45, 7) is 0. The van der Waals surface area contributed by atoms with E-state index in [1.54, 1.807) is 60.7 Å². The average Bonchev–Trinajstić information content (AvgIpc) is 2.99. The zero-order chi connectivity index (χ0) is 28.6. The summed E-state index contributed by atoms with van der Waals surface area (Å²) >= 11 is 0. The molecule has 0 bridgehead atoms. The van der Waals surface area contributed by atoms with E-state index in [0.29, 0.717) is 51.7 Å². The number of nitrogens with zero attached hydrogens (tertiary/aromatic N) is 1. The summed E-state index contributed by atoms with van der Waals surface area (Å²) in [6, 6.07) is 27.4. The number of fused-ring (bicyclic) bond motifs is 4. The zero-order valence-electron chi connectivity index (χ0n) is 21.9. The van der Waals surface area contributed by atoms with Gasteiger partial charge in [-0.15, -0.1) is 0 Å². The molecule has 2 aliphatic heterocycles. The van der Waals surface area contributed by atoms with E-state index in [1.165, 1.54) is 4.90 Å². The maximum Gasteiger partial charge on any atom is 0.344 e. The highest BCUT2D eigenvalue weighted by Gasteiger charge is 2.51. The number of aliphatic carboxylic acids is 1. The number of primary amides is 1. The van der Waals surface area contributed by atoms with E-state index in [-0.39, 0.29) is 12.8 Å². The lowest BCUT2D eigenvalue weighted by molar-refractivity contribution is -0.162. The number of carboxylic acid groups (broad SMARTS) is 1. The number of carboxylic acids is 1. The van der Waals surface area contributed by atoms with Crippen LogP contribution in [0.4, 0.5) is 0 Å². The number of rotatable bonds is 9. The highest BCUT2D eigenvalue weighted by molar-refractivity contribution is 5.84. The number of hydrogen-bond donors (Lipinski definition) is 3. The van der Waals surface area contributed by atoms with Crippen molar-refractivity contribution in [2.24, 2.45) is 5.73 Å². The molecule has 6 rings (SSSR count). The number of carbonyl (C=O) groups excluding carboxylic acids is 2. The number of benzene rings is 4. The second-order valence-electron chi connectivity index (χ2n) is 9.98. The Morgan fingerprint density at radius 1 is 0.780 bits per heavy atom. The molecule has 4 aromatic rings. The summed E-state index contributed by atoms with van der Waals surface area (Å²) < 4.78 is 12.2. The van der Waals surface area contributed by atoms with Crippen LogP contribution < -0.4 is 20.5 Å². The monoisotopic (exact) mass is 549 g/mol. The Labute approximate surface area is 236 Å². The summed E-state index contributed by atoms with van der Waals surface area (Å²) in [4.78, 5) is 40.0. The number of carbonyl (C=O) groups is 3. The van der Waals surface area contributed by atoms with Gasteiger partial charge in [0, 0.05) is 35.1 Å². The van der Waals surface area contributed by atoms with Crippen LogP contribution in [-0.2, 0) is 14.4 Å². The molecule has 9 heteroatoms. The minimum Gasteiger partial charge on any atom is -0.478 e. The van der Waals surface area contributed by atoms with E-state index in [2.05, 4.69) is 5.32 Å². The van der Waals surface area contributed by atoms with E-state index in [1.807, 2.05) is 36.4 Å². The molecule has 4 N–H and O–H groups in total. The summed E-state index contributed by atoms with van der Waals surface area (Å²) in [5.74, 6) is 0.0742. The van der Waals surface area contributed by atoms with Crippen LogP contribution in [0.2, 0.25) is 0 Å². The molecule has 2 heterocycles. The van der Waals surface area contributed by atoms with Gasteiger partial charge in [0.1, 0.15) is 23.0 Å². The lowest BCUT2D eigenvalue weighted by Gasteiger charge is -2.47. The van der Waals surface area contributed by atoms with E-state index in [0.717, 1.165) is 0 Å². The number of ether oxygens (including phenoxy) is 2. The first-order valence-electron chi connectivity index (χ1n) is 13.2. The zero-order valence-corrected chi connectivity index (χ0v) is 21.9. The van der Waals surface area contributed by atoms with Crippen molar-refractivity contribution in [1.82, 2.24) is 10.2 Å². The SMILES string of the molecule is NC(=O)CC[C@](NC1c2ccccc2Oc2ccccc21)(C(=O)O)N(C=O)C1c2ccccc2Oc2ccccc21. The second kappa shape index (κ2) is 10.4. The minimum absolute atomic E-state index is 0.289. The van der Waals surface area contributed by atoms with Crippen molar-refractivity contribution < 1.29 is 29.0 Å². The van der Waals surface area contributed by atoms with Crippen molar-refractivity contribution in [3.63, 3.8) is 0 Å². The maximum absolute atomic E-state index is 13.5. The van der Waals surface area contributed by atoms with Gasteiger partial charge in [-0.3, -0.25) is 14.9 Å². The number of para-hydroxylation sites is 4. The Kier molecular flexibility index (Phi) is 6.64. The molecule has 0 saturated carbocycles. The van der Waals surface area contributed by atoms with Gasteiger partial charge in [0.05, 0.1) is 12.1 Å². The van der Waals surface area contributed by atoms with Crippen LogP contribution in [0.15, 0.2) is 97.1 Å². The Hall–Kier alpha value is -5.15. The molecule has 2 aliphatic rings. The Bertz CT molecular complexity index is 1570. The Morgan fingerprint density at radius 2 is 1.20 bits per heavy atom. The number of nitrogens with one attached hydrogen (secondary N) is 1. The van der Waals surface area contributed by atoms with Crippen LogP contribution in [0.5, 0.6) is 23.0 Å². The summed E-state index contributed by atoms with van der Waals surface area (Å²) in [5, 5.41) is 14.3. The lowest BCUT2D eigenvalue weighted by Crippen LogP contribution is -2.65. The van der Waals surface area contributed by atoms with E-state index in [9.17, 15) is 19.5 Å². The molecule has 1 atom stereocenters. The van der Waals surface area contributed by atoms with E-state index in [4.69, 9.17) is 15.2 Å². The molecule has 0 aliphatic carbocycles. The minimum atomic E-state index is -2.08. The summed E-state index contributed by atoms with van der Waals surface area (Å²) in [6.07, 6.45) is -0.0642. The molecule has 2 amide bonds. The van der Waals surface area contributed by atoms with Crippen LogP contribution >= 0.6 is 0 Å². The molecular weight excluding hydrogens is 522 g/mol. The first-order chi connectivity index (χ1) is 19.9. The normalized spacial score (nSPS) is 15.0. The molecule has 206 valence electrons. The Balaban J connectivity index is 1.56. The van der Waals surface area contributed by atoms with Gasteiger partial charge in [0.25, 0.3) is 0 Å². The first-order valence-corrected chi connectivity index (χ1v) is 13.2. The van der Waals surface area contributed by atoms with Gasteiger partial charge in [-0.05, 0) is 24.3 Å². The number of nitrogens with two attached hydrogens (primary N) is 1. The predicted molar refractivity (Wildman–Crippen MR) is 149 cm³/mol. The first kappa shape index (κ1) is 26.1. The standard InChI is InChI=1S/C32H27N3O6/c33-28(37)17-18-32(31(38)39,34-29-20-9-1-5-13-24(20)40-25-14-6-2-10-21(25)29)35(19-36)30-22-11-3-7-15-26(22)41-27-16-8-4-12-23(27)30/h1-16,19,29-30,34H,17-18H2,(H2,33,37)(H,38,39)/t32-/m1/s1. The van der Waals surface area contributed by atoms with Crippen LogP contribution in [0.1, 0.15) is 47.2 Å². The largest absolute Gasteiger partial charge is 0.478 e. The van der Waals surface area contributed by atoms with Crippen LogP contribution in [0.25, 0.3) is 0 Å². The topological polar surface area (TPSA) is 131 Å². The van der Waals surface area contributed by atoms with Gasteiger partial charge < -0.3 is 25.2 Å². The number of hydrogen-bond acceptors (Lipinski definition) is 6. The third-order valence-corrected chi connectivity index (χ3v) is 7.63. The molecule has 0 saturated heterocycles. The molecule has 0 aromatic heterocycles. The molecule has 41 heavy (non-hydrogen) atoms. The fourth-order valence-electron chi connectivity index (χ4n) is 5.72. The molecule has 0 spiro atoms. The summed E-state index contributed by atoms with van der Waals surface area (Å²) in [7, 11) is 0. The maximum atomic E-state index is 13.5. The quantitative estimate of drug-likeness (QED) is 0.200. The van der Waals surface area contributed by atoms with E-state index < -0.39 is 29.6 Å². The molecule has 0 radical (unpaired) electrons. The molecule has 4 aromatic carbocycles. The van der Waals surface area contributed by atoms with Crippen molar-refractivity contribution in [1.29, 1.82) is 0 Å². The predicted octanol–water partition coefficient (Wildman–Crippen LogP) is 4.87. The number of amides is 2. The van der Waals surface area contributed by atoms with Crippen molar-refractivity contribution in [3.8, 4) is 23.0 Å². The van der Waals surface area contributed by atoms with Crippen LogP contribution in [0, 0.1) is 0 Å². The smallest absolute Gasteiger partial charge is 0.344 e. The average molecular weight is 550 g/mol.